The number of fused-ring (bicyclic) bond motifs is 3. The van der Waals surface area contributed by atoms with Crippen molar-refractivity contribution in [2.45, 2.75) is 43.6 Å². The Hall–Kier alpha value is -4.26. The summed E-state index contributed by atoms with van der Waals surface area (Å²) in [5, 5.41) is 12.6. The van der Waals surface area contributed by atoms with E-state index < -0.39 is 12.0 Å². The van der Waals surface area contributed by atoms with Crippen LogP contribution in [0.3, 0.4) is 0 Å². The summed E-state index contributed by atoms with van der Waals surface area (Å²) >= 11 is 6.62. The van der Waals surface area contributed by atoms with Gasteiger partial charge in [0.2, 0.25) is 11.8 Å². The predicted molar refractivity (Wildman–Crippen MR) is 172 cm³/mol. The van der Waals surface area contributed by atoms with Crippen molar-refractivity contribution in [1.82, 2.24) is 14.8 Å². The molecule has 3 saturated heterocycles. The first-order valence-electron chi connectivity index (χ1n) is 15.2. The van der Waals surface area contributed by atoms with Crippen molar-refractivity contribution < 1.29 is 18.3 Å². The lowest BCUT2D eigenvalue weighted by Gasteiger charge is -2.49. The zero-order valence-corrected chi connectivity index (χ0v) is 25.6. The van der Waals surface area contributed by atoms with E-state index in [0.29, 0.717) is 58.8 Å². The van der Waals surface area contributed by atoms with Gasteiger partial charge in [0.15, 0.2) is 5.82 Å². The first kappa shape index (κ1) is 29.5. The lowest BCUT2D eigenvalue weighted by Crippen LogP contribution is -2.63. The van der Waals surface area contributed by atoms with Crippen LogP contribution >= 0.6 is 11.6 Å². The SMILES string of the molecule is C=CC(=O)N1CC[C@@H]2[C@H]1CN2c1c(CC#N)c(OC[C@@H]2C[C@@H](F)CN2C)nc2c(F)c(-c3cccc4cccc(Cl)c34)ccc12. The smallest absolute Gasteiger partial charge is 0.246 e. The van der Waals surface area contributed by atoms with Crippen molar-refractivity contribution in [3.8, 4) is 23.1 Å². The minimum atomic E-state index is -0.948. The number of hydrogen-bond donors (Lipinski definition) is 0. The van der Waals surface area contributed by atoms with E-state index in [1.165, 1.54) is 6.08 Å². The third kappa shape index (κ3) is 4.88. The van der Waals surface area contributed by atoms with Gasteiger partial charge in [-0.1, -0.05) is 54.6 Å². The van der Waals surface area contributed by atoms with Crippen LogP contribution < -0.4 is 9.64 Å². The maximum atomic E-state index is 16.8. The number of alkyl halides is 1. The maximum Gasteiger partial charge on any atom is 0.246 e. The molecule has 3 aliphatic heterocycles. The van der Waals surface area contributed by atoms with Crippen LogP contribution in [0.1, 0.15) is 18.4 Å². The second kappa shape index (κ2) is 11.6. The van der Waals surface area contributed by atoms with E-state index in [2.05, 4.69) is 17.5 Å². The van der Waals surface area contributed by atoms with Gasteiger partial charge in [-0.2, -0.15) is 5.26 Å². The second-order valence-electron chi connectivity index (χ2n) is 12.1. The second-order valence-corrected chi connectivity index (χ2v) is 12.5. The van der Waals surface area contributed by atoms with E-state index in [1.54, 1.807) is 12.1 Å². The van der Waals surface area contributed by atoms with Gasteiger partial charge in [-0.05, 0) is 49.0 Å². The molecular weight excluding hydrogens is 596 g/mol. The number of hydrogen-bond acceptors (Lipinski definition) is 6. The van der Waals surface area contributed by atoms with Gasteiger partial charge in [-0.15, -0.1) is 0 Å². The van der Waals surface area contributed by atoms with Crippen LogP contribution in [0.2, 0.25) is 5.02 Å². The van der Waals surface area contributed by atoms with Crippen LogP contribution in [0.5, 0.6) is 5.88 Å². The molecule has 0 N–H and O–H groups in total. The lowest BCUT2D eigenvalue weighted by molar-refractivity contribution is -0.127. The number of likely N-dealkylation sites (N-methyl/N-ethyl adjacent to an activating group) is 1. The Bertz CT molecular complexity index is 1890. The molecule has 7 rings (SSSR count). The van der Waals surface area contributed by atoms with Crippen molar-refractivity contribution in [3.63, 3.8) is 0 Å². The fraction of sp³-hybridized carbons (Fsp3) is 0.343. The molecule has 0 spiro atoms. The molecule has 7 nitrogen and oxygen atoms in total. The van der Waals surface area contributed by atoms with Crippen LogP contribution in [0, 0.1) is 17.1 Å². The number of amides is 1. The Kier molecular flexibility index (Phi) is 7.58. The van der Waals surface area contributed by atoms with Gasteiger partial charge in [0.1, 0.15) is 18.3 Å². The molecule has 0 saturated carbocycles. The largest absolute Gasteiger partial charge is 0.476 e. The van der Waals surface area contributed by atoms with Crippen molar-refractivity contribution in [1.29, 1.82) is 5.26 Å². The lowest BCUT2D eigenvalue weighted by atomic mass is 9.91. The number of rotatable bonds is 7. The quantitative estimate of drug-likeness (QED) is 0.224. The van der Waals surface area contributed by atoms with E-state index in [4.69, 9.17) is 21.3 Å². The van der Waals surface area contributed by atoms with E-state index in [1.807, 2.05) is 53.2 Å². The molecule has 4 aromatic rings. The Morgan fingerprint density at radius 1 is 1.18 bits per heavy atom. The number of carbonyl (C=O) groups excluding carboxylic acids is 1. The van der Waals surface area contributed by atoms with Gasteiger partial charge in [-0.25, -0.2) is 13.8 Å². The van der Waals surface area contributed by atoms with Crippen LogP contribution in [0.15, 0.2) is 61.2 Å². The zero-order valence-electron chi connectivity index (χ0n) is 24.8. The highest BCUT2D eigenvalue weighted by Gasteiger charge is 2.49. The highest BCUT2D eigenvalue weighted by Crippen LogP contribution is 2.46. The number of carbonyl (C=O) groups is 1. The number of likely N-dealkylation sites (tertiary alicyclic amines) is 2. The highest BCUT2D eigenvalue weighted by molar-refractivity contribution is 6.36. The average molecular weight is 628 g/mol. The number of nitrogens with zero attached hydrogens (tertiary/aromatic N) is 5. The van der Waals surface area contributed by atoms with E-state index in [0.717, 1.165) is 17.2 Å². The van der Waals surface area contributed by atoms with Gasteiger partial charge in [0, 0.05) is 47.0 Å². The summed E-state index contributed by atoms with van der Waals surface area (Å²) < 4.78 is 37.3. The van der Waals surface area contributed by atoms with Crippen molar-refractivity contribution in [2.24, 2.45) is 0 Å². The summed E-state index contributed by atoms with van der Waals surface area (Å²) in [6, 6.07) is 16.9. The summed E-state index contributed by atoms with van der Waals surface area (Å²) in [5.74, 6) is -0.468. The van der Waals surface area contributed by atoms with E-state index in [9.17, 15) is 14.4 Å². The summed E-state index contributed by atoms with van der Waals surface area (Å²) in [5.41, 5.74) is 2.36. The van der Waals surface area contributed by atoms with Gasteiger partial charge in [0.25, 0.3) is 0 Å². The third-order valence-electron chi connectivity index (χ3n) is 9.62. The van der Waals surface area contributed by atoms with Crippen molar-refractivity contribution in [3.05, 3.63) is 77.6 Å². The van der Waals surface area contributed by atoms with E-state index in [-0.39, 0.29) is 48.5 Å². The first-order valence-corrected chi connectivity index (χ1v) is 15.5. The molecule has 1 amide bonds. The molecule has 3 fully saturated rings. The molecule has 4 atom stereocenters. The molecule has 0 radical (unpaired) electrons. The molecule has 3 aromatic carbocycles. The number of benzene rings is 3. The minimum Gasteiger partial charge on any atom is -0.476 e. The van der Waals surface area contributed by atoms with Gasteiger partial charge < -0.3 is 14.5 Å². The Morgan fingerprint density at radius 2 is 1.98 bits per heavy atom. The normalized spacial score (nSPS) is 22.8. The monoisotopic (exact) mass is 627 g/mol. The number of pyridine rings is 1. The Labute approximate surface area is 265 Å². The number of anilines is 1. The Balaban J connectivity index is 1.39. The molecule has 3 aliphatic rings. The number of halogens is 3. The molecule has 0 bridgehead atoms. The topological polar surface area (TPSA) is 72.7 Å². The minimum absolute atomic E-state index is 0.00216. The fourth-order valence-electron chi connectivity index (χ4n) is 7.36. The molecule has 1 aromatic heterocycles. The van der Waals surface area contributed by atoms with Crippen LogP contribution in [-0.4, -0.2) is 78.3 Å². The summed E-state index contributed by atoms with van der Waals surface area (Å²) in [4.78, 5) is 23.1. The number of ether oxygens (including phenoxy) is 1. The van der Waals surface area contributed by atoms with Crippen molar-refractivity contribution >= 4 is 44.9 Å². The van der Waals surface area contributed by atoms with Crippen LogP contribution in [0.25, 0.3) is 32.8 Å². The summed E-state index contributed by atoms with van der Waals surface area (Å²) in [6.07, 6.45) is 1.43. The standard InChI is InChI=1S/C35H32ClF2N5O2/c1-3-30(44)42-15-13-28-29(42)18-43(28)34-25-11-10-24(23-8-4-6-20-7-5-9-27(36)31(20)23)32(38)33(25)40-35(26(34)12-14-39)45-19-22-16-21(37)17-41(22)2/h3-11,21-22,28-29H,1,12-13,15-19H2,2H3/t21-,22+,28-,29-/m1/s1. The number of nitriles is 1. The maximum absolute atomic E-state index is 16.8. The van der Waals surface area contributed by atoms with Gasteiger partial charge in [0.05, 0.1) is 35.8 Å². The third-order valence-corrected chi connectivity index (χ3v) is 9.93. The summed E-state index contributed by atoms with van der Waals surface area (Å²) in [7, 11) is 1.85. The van der Waals surface area contributed by atoms with Crippen molar-refractivity contribution in [2.75, 3.05) is 38.2 Å². The van der Waals surface area contributed by atoms with Crippen LogP contribution in [-0.2, 0) is 11.2 Å². The molecule has 230 valence electrons. The molecule has 0 aliphatic carbocycles. The zero-order chi connectivity index (χ0) is 31.4. The molecule has 45 heavy (non-hydrogen) atoms. The predicted octanol–water partition coefficient (Wildman–Crippen LogP) is 6.31. The molecular formula is C35H32ClF2N5O2. The Morgan fingerprint density at radius 3 is 2.71 bits per heavy atom. The highest BCUT2D eigenvalue weighted by atomic mass is 35.5. The van der Waals surface area contributed by atoms with Crippen LogP contribution in [0.4, 0.5) is 14.5 Å². The fourth-order valence-corrected chi connectivity index (χ4v) is 7.64. The summed E-state index contributed by atoms with van der Waals surface area (Å²) in [6.45, 7) is 5.23. The molecule has 4 heterocycles. The average Bonchev–Trinajstić information content (AvgIpc) is 3.53. The van der Waals surface area contributed by atoms with Gasteiger partial charge in [-0.3, -0.25) is 9.69 Å². The van der Waals surface area contributed by atoms with Gasteiger partial charge >= 0.3 is 0 Å². The first-order chi connectivity index (χ1) is 21.8. The molecule has 0 unspecified atom stereocenters. The molecule has 10 heteroatoms. The van der Waals surface area contributed by atoms with E-state index >= 15 is 4.39 Å². The number of aromatic nitrogens is 1.